The molecule has 84 heavy (non-hydrogen) atoms. The molecule has 0 heterocycles. The summed E-state index contributed by atoms with van der Waals surface area (Å²) in [6, 6.07) is 80.7. The lowest BCUT2D eigenvalue weighted by Gasteiger charge is -2.33. The summed E-state index contributed by atoms with van der Waals surface area (Å²) in [5, 5.41) is 20.1. The lowest BCUT2D eigenvalue weighted by atomic mass is 9.84. The maximum absolute atomic E-state index is 12.9. The fraction of sp³-hybridized carbons (Fsp3) is 0.200. The second kappa shape index (κ2) is 26.4. The first-order valence-electron chi connectivity index (χ1n) is 30.3. The molecular formula is C80H82N2O2. The van der Waals surface area contributed by atoms with Crippen molar-refractivity contribution in [1.29, 1.82) is 0 Å². The average Bonchev–Trinajstić information content (AvgIpc) is 1.17. The molecule has 0 bridgehead atoms. The molecule has 4 heteroatoms. The Bertz CT molecular complexity index is 4190. The highest BCUT2D eigenvalue weighted by Crippen LogP contribution is 2.54. The number of hydrogen-bond acceptors (Lipinski definition) is 4. The summed E-state index contributed by atoms with van der Waals surface area (Å²) < 4.78 is 6.61. The van der Waals surface area contributed by atoms with Crippen molar-refractivity contribution in [3.8, 4) is 56.0 Å². The molecule has 0 fully saturated rings. The van der Waals surface area contributed by atoms with Crippen molar-refractivity contribution in [2.45, 2.75) is 102 Å². The predicted octanol–water partition coefficient (Wildman–Crippen LogP) is 24.2. The van der Waals surface area contributed by atoms with Crippen molar-refractivity contribution in [1.82, 2.24) is 0 Å². The Labute approximate surface area is 500 Å². The molecule has 12 aromatic rings. The van der Waals surface area contributed by atoms with Gasteiger partial charge in [-0.2, -0.15) is 0 Å². The molecule has 0 amide bonds. The maximum atomic E-state index is 12.9. The number of hydrogen-bond donors (Lipinski definition) is 1. The van der Waals surface area contributed by atoms with E-state index in [1.807, 2.05) is 47.6 Å². The molecule has 12 rings (SSSR count). The Balaban J connectivity index is 0.00000137. The van der Waals surface area contributed by atoms with Gasteiger partial charge in [-0.25, -0.2) is 0 Å². The molecule has 0 aliphatic carbocycles. The van der Waals surface area contributed by atoms with Crippen molar-refractivity contribution >= 4 is 66.4 Å². The van der Waals surface area contributed by atoms with Gasteiger partial charge in [0.25, 0.3) is 0 Å². The van der Waals surface area contributed by atoms with Gasteiger partial charge in [0.1, 0.15) is 5.75 Å². The number of phenolic OH excluding ortho intramolecular Hbond substituents is 1. The molecule has 0 atom stereocenters. The Morgan fingerprint density at radius 1 is 0.345 bits per heavy atom. The van der Waals surface area contributed by atoms with Gasteiger partial charge >= 0.3 is 0 Å². The number of nitrogens with zero attached hydrogens (tertiary/aromatic N) is 2. The zero-order valence-corrected chi connectivity index (χ0v) is 51.8. The summed E-state index contributed by atoms with van der Waals surface area (Å²) in [4.78, 5) is 4.73. The molecule has 0 saturated heterocycles. The molecule has 4 nitrogen and oxygen atoms in total. The monoisotopic (exact) mass is 1100 g/mol. The molecule has 0 unspecified atom stereocenters. The lowest BCUT2D eigenvalue weighted by molar-refractivity contribution is 0.417. The Morgan fingerprint density at radius 3 is 1.35 bits per heavy atom. The minimum Gasteiger partial charge on any atom is -0.505 e. The molecular weight excluding hydrogens is 1020 g/mol. The van der Waals surface area contributed by atoms with Crippen LogP contribution in [0.25, 0.3) is 76.8 Å². The normalized spacial score (nSPS) is 11.0. The van der Waals surface area contributed by atoms with Crippen LogP contribution in [0, 0.1) is 20.8 Å². The highest BCUT2D eigenvalue weighted by atomic mass is 16.5. The third-order valence-corrected chi connectivity index (χ3v) is 15.9. The summed E-state index contributed by atoms with van der Waals surface area (Å²) in [5.41, 5.74) is 20.2. The van der Waals surface area contributed by atoms with E-state index in [1.165, 1.54) is 54.9 Å². The van der Waals surface area contributed by atoms with Crippen molar-refractivity contribution in [3.05, 3.63) is 252 Å². The molecule has 1 N–H and O–H groups in total. The number of phenols is 1. The van der Waals surface area contributed by atoms with E-state index < -0.39 is 0 Å². The minimum atomic E-state index is 0.177. The van der Waals surface area contributed by atoms with Crippen LogP contribution in [-0.4, -0.2) is 12.2 Å². The zero-order valence-electron chi connectivity index (χ0n) is 51.8. The van der Waals surface area contributed by atoms with E-state index in [0.29, 0.717) is 5.69 Å². The second-order valence-electron chi connectivity index (χ2n) is 21.5. The van der Waals surface area contributed by atoms with E-state index in [-0.39, 0.29) is 17.6 Å². The third-order valence-electron chi connectivity index (χ3n) is 15.9. The van der Waals surface area contributed by atoms with E-state index in [4.69, 9.17) is 4.74 Å². The van der Waals surface area contributed by atoms with Crippen LogP contribution in [0.15, 0.2) is 224 Å². The number of aryl methyl sites for hydroxylation is 3. The van der Waals surface area contributed by atoms with E-state index >= 15 is 0 Å². The maximum Gasteiger partial charge on any atom is 0.150 e. The average molecular weight is 1100 g/mol. The smallest absolute Gasteiger partial charge is 0.150 e. The standard InChI is InChI=1S/C74H64N2O2.3C2H6/c1-46(2)64-44-69(75(56-36-34-48(5)35-37-56)68-33-19-30-59(74(68)78-8)55-27-16-24-52(42-55)51-22-10-9-11-23-51)62-40-38-61-65(47(3)4)45-70(63-41-39-60(64)71(62)72(61)63)76(66-31-15-13-21-50(66)7)67-32-18-29-58(73(67)77)54-26-17-25-53(43-54)57-28-14-12-20-49(57)6;3*1-2/h9-47,77H,1-8H3;3*1-2H3. The van der Waals surface area contributed by atoms with Gasteiger partial charge in [-0.05, 0) is 164 Å². The van der Waals surface area contributed by atoms with Crippen LogP contribution in [0.2, 0.25) is 0 Å². The zero-order chi connectivity index (χ0) is 59.8. The molecule has 0 aromatic heterocycles. The number of rotatable bonds is 13. The summed E-state index contributed by atoms with van der Waals surface area (Å²) in [6.45, 7) is 27.7. The van der Waals surface area contributed by atoms with E-state index in [2.05, 4.69) is 277 Å². The highest BCUT2D eigenvalue weighted by Gasteiger charge is 2.29. The first kappa shape index (κ1) is 59.5. The van der Waals surface area contributed by atoms with Crippen LogP contribution >= 0.6 is 0 Å². The summed E-state index contributed by atoms with van der Waals surface area (Å²) in [7, 11) is 1.80. The Morgan fingerprint density at radius 2 is 0.774 bits per heavy atom. The van der Waals surface area contributed by atoms with E-state index in [0.717, 1.165) is 83.9 Å². The van der Waals surface area contributed by atoms with Crippen LogP contribution in [-0.2, 0) is 0 Å². The fourth-order valence-corrected chi connectivity index (χ4v) is 12.0. The number of benzene rings is 12. The fourth-order valence-electron chi connectivity index (χ4n) is 12.0. The summed E-state index contributed by atoms with van der Waals surface area (Å²) >= 11 is 0. The Hall–Kier alpha value is -9.12. The van der Waals surface area contributed by atoms with Gasteiger partial charge in [-0.1, -0.05) is 245 Å². The lowest BCUT2D eigenvalue weighted by Crippen LogP contribution is -2.14. The first-order valence-corrected chi connectivity index (χ1v) is 30.3. The first-order chi connectivity index (χ1) is 41.0. The van der Waals surface area contributed by atoms with Gasteiger partial charge < -0.3 is 19.6 Å². The SMILES string of the molecule is CC.CC.CC.COc1c(-c2cccc(-c3ccccc3)c2)cccc1N(c1ccc(C)cc1)c1cc(C(C)C)c2ccc3c(N(c4ccccc4C)c4cccc(-c5cccc(-c6ccccc6C)c5)c4O)cc(C(C)C)c4ccc1c2c43. The van der Waals surface area contributed by atoms with Gasteiger partial charge in [0.05, 0.1) is 29.9 Å². The molecule has 0 aliphatic heterocycles. The van der Waals surface area contributed by atoms with Crippen LogP contribution < -0.4 is 14.5 Å². The molecule has 0 radical (unpaired) electrons. The van der Waals surface area contributed by atoms with Crippen molar-refractivity contribution in [2.75, 3.05) is 16.9 Å². The van der Waals surface area contributed by atoms with Crippen LogP contribution in [0.4, 0.5) is 34.1 Å². The van der Waals surface area contributed by atoms with Gasteiger partial charge in [0, 0.05) is 33.3 Å². The highest BCUT2D eigenvalue weighted by molar-refractivity contribution is 6.29. The molecule has 0 saturated carbocycles. The van der Waals surface area contributed by atoms with Crippen LogP contribution in [0.3, 0.4) is 0 Å². The number of methoxy groups -OCH3 is 1. The van der Waals surface area contributed by atoms with Gasteiger partial charge in [0.2, 0.25) is 0 Å². The number of anilines is 6. The van der Waals surface area contributed by atoms with Crippen LogP contribution in [0.5, 0.6) is 11.5 Å². The van der Waals surface area contributed by atoms with Crippen LogP contribution in [0.1, 0.15) is 109 Å². The van der Waals surface area contributed by atoms with Gasteiger partial charge in [-0.3, -0.25) is 0 Å². The second-order valence-corrected chi connectivity index (χ2v) is 21.5. The van der Waals surface area contributed by atoms with Crippen molar-refractivity contribution in [2.24, 2.45) is 0 Å². The van der Waals surface area contributed by atoms with Gasteiger partial charge in [-0.15, -0.1) is 0 Å². The molecule has 0 aliphatic rings. The number of ether oxygens (including phenoxy) is 1. The minimum absolute atomic E-state index is 0.177. The largest absolute Gasteiger partial charge is 0.505 e. The Kier molecular flexibility index (Phi) is 18.7. The number of para-hydroxylation sites is 3. The number of aromatic hydroxyl groups is 1. The third kappa shape index (κ3) is 11.3. The molecule has 0 spiro atoms. The summed E-state index contributed by atoms with van der Waals surface area (Å²) in [5.74, 6) is 1.39. The topological polar surface area (TPSA) is 35.9 Å². The molecule has 12 aromatic carbocycles. The predicted molar refractivity (Wildman–Crippen MR) is 366 cm³/mol. The van der Waals surface area contributed by atoms with E-state index in [1.54, 1.807) is 7.11 Å². The van der Waals surface area contributed by atoms with Crippen molar-refractivity contribution in [3.63, 3.8) is 0 Å². The quantitative estimate of drug-likeness (QED) is 0.117. The van der Waals surface area contributed by atoms with Crippen molar-refractivity contribution < 1.29 is 9.84 Å². The molecule has 424 valence electrons. The van der Waals surface area contributed by atoms with E-state index in [9.17, 15) is 5.11 Å². The summed E-state index contributed by atoms with van der Waals surface area (Å²) in [6.07, 6.45) is 0. The van der Waals surface area contributed by atoms with Gasteiger partial charge in [0.15, 0.2) is 5.75 Å².